The van der Waals surface area contributed by atoms with Crippen LogP contribution in [0.4, 0.5) is 4.39 Å². The second-order valence-corrected chi connectivity index (χ2v) is 6.58. The molecule has 0 aliphatic heterocycles. The molecule has 136 valence electrons. The highest BCUT2D eigenvalue weighted by molar-refractivity contribution is 6.04. The lowest BCUT2D eigenvalue weighted by Gasteiger charge is -2.17. The molecule has 0 atom stereocenters. The number of aromatic amines is 1. The van der Waals surface area contributed by atoms with Crippen molar-refractivity contribution < 1.29 is 9.18 Å². The smallest absolute Gasteiger partial charge is 0.256 e. The van der Waals surface area contributed by atoms with Gasteiger partial charge in [0.2, 0.25) is 0 Å². The molecule has 0 bridgehead atoms. The number of nitrogens with one attached hydrogen (secondary N) is 1. The average Bonchev–Trinajstić information content (AvgIpc) is 3.04. The molecule has 7 heteroatoms. The predicted molar refractivity (Wildman–Crippen MR) is 101 cm³/mol. The fourth-order valence-electron chi connectivity index (χ4n) is 3.04. The van der Waals surface area contributed by atoms with Gasteiger partial charge < -0.3 is 9.88 Å². The van der Waals surface area contributed by atoms with Crippen LogP contribution in [0.25, 0.3) is 22.1 Å². The van der Waals surface area contributed by atoms with Crippen molar-refractivity contribution in [2.45, 2.75) is 20.4 Å². The quantitative estimate of drug-likeness (QED) is 0.604. The second-order valence-electron chi connectivity index (χ2n) is 6.58. The number of H-pyrrole nitrogens is 1. The Balaban J connectivity index is 1.70. The van der Waals surface area contributed by atoms with Gasteiger partial charge in [0.1, 0.15) is 17.2 Å². The zero-order valence-corrected chi connectivity index (χ0v) is 15.2. The molecule has 0 fully saturated rings. The van der Waals surface area contributed by atoms with Crippen LogP contribution in [0.5, 0.6) is 0 Å². The number of carbonyl (C=O) groups is 1. The normalized spacial score (nSPS) is 11.3. The van der Waals surface area contributed by atoms with Gasteiger partial charge in [-0.15, -0.1) is 0 Å². The summed E-state index contributed by atoms with van der Waals surface area (Å²) in [5, 5.41) is 0. The predicted octanol–water partition coefficient (Wildman–Crippen LogP) is 3.53. The van der Waals surface area contributed by atoms with Gasteiger partial charge in [-0.2, -0.15) is 0 Å². The highest BCUT2D eigenvalue weighted by atomic mass is 19.1. The van der Waals surface area contributed by atoms with E-state index < -0.39 is 5.82 Å². The molecular weight excluding hydrogens is 345 g/mol. The lowest BCUT2D eigenvalue weighted by atomic mass is 10.1. The minimum absolute atomic E-state index is 0.194. The van der Waals surface area contributed by atoms with Crippen LogP contribution < -0.4 is 0 Å². The SMILES string of the molecule is Cc1nc2cc(F)cc(C(=O)N(C)Cc3nc4ccccc4[nH]3)c2nc1C. The molecule has 6 nitrogen and oxygen atoms in total. The Morgan fingerprint density at radius 2 is 1.81 bits per heavy atom. The van der Waals surface area contributed by atoms with E-state index in [9.17, 15) is 9.18 Å². The van der Waals surface area contributed by atoms with Gasteiger partial charge in [0.25, 0.3) is 5.91 Å². The molecule has 0 saturated heterocycles. The van der Waals surface area contributed by atoms with Crippen molar-refractivity contribution in [2.75, 3.05) is 7.05 Å². The zero-order chi connectivity index (χ0) is 19.1. The number of aryl methyl sites for hydroxylation is 2. The molecule has 2 heterocycles. The van der Waals surface area contributed by atoms with Crippen LogP contribution in [0, 0.1) is 19.7 Å². The standard InChI is InChI=1S/C20H18FN5O/c1-11-12(2)23-19-14(8-13(21)9-17(19)22-11)20(27)26(3)10-18-24-15-6-4-5-7-16(15)25-18/h4-9H,10H2,1-3H3,(H,24,25). The molecule has 0 aliphatic carbocycles. The number of nitrogens with zero attached hydrogens (tertiary/aromatic N) is 4. The summed E-state index contributed by atoms with van der Waals surface area (Å²) in [5.74, 6) is -0.191. The number of rotatable bonds is 3. The summed E-state index contributed by atoms with van der Waals surface area (Å²) in [7, 11) is 1.65. The van der Waals surface area contributed by atoms with Crippen LogP contribution in [0.15, 0.2) is 36.4 Å². The number of para-hydroxylation sites is 2. The van der Waals surface area contributed by atoms with E-state index in [1.807, 2.05) is 38.1 Å². The van der Waals surface area contributed by atoms with Crippen LogP contribution in [0.3, 0.4) is 0 Å². The molecule has 0 aliphatic rings. The minimum Gasteiger partial charge on any atom is -0.340 e. The summed E-state index contributed by atoms with van der Waals surface area (Å²) in [6.45, 7) is 3.89. The van der Waals surface area contributed by atoms with Crippen molar-refractivity contribution in [3.8, 4) is 0 Å². The van der Waals surface area contributed by atoms with Crippen molar-refractivity contribution in [1.82, 2.24) is 24.8 Å². The van der Waals surface area contributed by atoms with Gasteiger partial charge >= 0.3 is 0 Å². The van der Waals surface area contributed by atoms with Crippen molar-refractivity contribution in [3.63, 3.8) is 0 Å². The molecule has 1 N–H and O–H groups in total. The number of carbonyl (C=O) groups excluding carboxylic acids is 1. The van der Waals surface area contributed by atoms with E-state index in [-0.39, 0.29) is 18.0 Å². The molecule has 0 saturated carbocycles. The van der Waals surface area contributed by atoms with E-state index in [0.29, 0.717) is 28.2 Å². The molecule has 4 rings (SSSR count). The van der Waals surface area contributed by atoms with Gasteiger partial charge in [0, 0.05) is 13.1 Å². The zero-order valence-electron chi connectivity index (χ0n) is 15.2. The fourth-order valence-corrected chi connectivity index (χ4v) is 3.04. The third-order valence-corrected chi connectivity index (χ3v) is 4.55. The Kier molecular flexibility index (Phi) is 4.07. The molecule has 0 radical (unpaired) electrons. The summed E-state index contributed by atoms with van der Waals surface area (Å²) in [6, 6.07) is 10.2. The van der Waals surface area contributed by atoms with Gasteiger partial charge in [-0.25, -0.2) is 19.3 Å². The second kappa shape index (κ2) is 6.42. The van der Waals surface area contributed by atoms with Crippen molar-refractivity contribution >= 4 is 28.0 Å². The summed E-state index contributed by atoms with van der Waals surface area (Å²) in [4.78, 5) is 31.0. The largest absolute Gasteiger partial charge is 0.340 e. The van der Waals surface area contributed by atoms with E-state index in [1.54, 1.807) is 7.05 Å². The molecule has 2 aromatic carbocycles. The lowest BCUT2D eigenvalue weighted by Crippen LogP contribution is -2.27. The molecular formula is C20H18FN5O. The third kappa shape index (κ3) is 3.12. The fraction of sp³-hybridized carbons (Fsp3) is 0.200. The van der Waals surface area contributed by atoms with Crippen LogP contribution in [-0.2, 0) is 6.54 Å². The third-order valence-electron chi connectivity index (χ3n) is 4.55. The van der Waals surface area contributed by atoms with E-state index in [0.717, 1.165) is 11.0 Å². The Morgan fingerprint density at radius 1 is 1.07 bits per heavy atom. The van der Waals surface area contributed by atoms with Crippen molar-refractivity contribution in [2.24, 2.45) is 0 Å². The number of aromatic nitrogens is 4. The Labute approximate surface area is 155 Å². The van der Waals surface area contributed by atoms with Gasteiger partial charge in [-0.05, 0) is 32.0 Å². The van der Waals surface area contributed by atoms with E-state index in [1.165, 1.54) is 17.0 Å². The van der Waals surface area contributed by atoms with Gasteiger partial charge in [0.05, 0.1) is 40.0 Å². The number of halogens is 1. The average molecular weight is 363 g/mol. The first kappa shape index (κ1) is 17.1. The highest BCUT2D eigenvalue weighted by Gasteiger charge is 2.20. The first-order valence-corrected chi connectivity index (χ1v) is 8.56. The van der Waals surface area contributed by atoms with Crippen LogP contribution in [0.1, 0.15) is 27.6 Å². The number of hydrogen-bond donors (Lipinski definition) is 1. The topological polar surface area (TPSA) is 74.8 Å². The maximum absolute atomic E-state index is 14.1. The van der Waals surface area contributed by atoms with Crippen molar-refractivity contribution in [1.29, 1.82) is 0 Å². The summed E-state index contributed by atoms with van der Waals surface area (Å²) < 4.78 is 14.1. The number of amides is 1. The van der Waals surface area contributed by atoms with Crippen LogP contribution in [-0.4, -0.2) is 37.8 Å². The van der Waals surface area contributed by atoms with E-state index in [2.05, 4.69) is 19.9 Å². The van der Waals surface area contributed by atoms with Gasteiger partial charge in [-0.3, -0.25) is 4.79 Å². The van der Waals surface area contributed by atoms with Crippen LogP contribution in [0.2, 0.25) is 0 Å². The highest BCUT2D eigenvalue weighted by Crippen LogP contribution is 2.21. The van der Waals surface area contributed by atoms with Gasteiger partial charge in [0.15, 0.2) is 0 Å². The first-order chi connectivity index (χ1) is 12.9. The molecule has 27 heavy (non-hydrogen) atoms. The molecule has 2 aromatic heterocycles. The number of benzene rings is 2. The number of fused-ring (bicyclic) bond motifs is 2. The minimum atomic E-state index is -0.513. The van der Waals surface area contributed by atoms with Crippen LogP contribution >= 0.6 is 0 Å². The van der Waals surface area contributed by atoms with Crippen molar-refractivity contribution in [3.05, 3.63) is 65.0 Å². The number of imidazole rings is 1. The summed E-state index contributed by atoms with van der Waals surface area (Å²) in [6.07, 6.45) is 0. The first-order valence-electron chi connectivity index (χ1n) is 8.56. The Bertz CT molecular complexity index is 1150. The Hall–Kier alpha value is -3.35. The van der Waals surface area contributed by atoms with Gasteiger partial charge in [-0.1, -0.05) is 12.1 Å². The van der Waals surface area contributed by atoms with E-state index >= 15 is 0 Å². The molecule has 0 spiro atoms. The lowest BCUT2D eigenvalue weighted by molar-refractivity contribution is 0.0783. The summed E-state index contributed by atoms with van der Waals surface area (Å²) >= 11 is 0. The maximum Gasteiger partial charge on any atom is 0.256 e. The monoisotopic (exact) mass is 363 g/mol. The van der Waals surface area contributed by atoms with E-state index in [4.69, 9.17) is 0 Å². The number of hydrogen-bond acceptors (Lipinski definition) is 4. The molecule has 0 unspecified atom stereocenters. The maximum atomic E-state index is 14.1. The Morgan fingerprint density at radius 3 is 2.59 bits per heavy atom. The molecule has 1 amide bonds. The molecule has 4 aromatic rings. The summed E-state index contributed by atoms with van der Waals surface area (Å²) in [5.41, 5.74) is 4.13.